The van der Waals surface area contributed by atoms with Crippen LogP contribution in [0.1, 0.15) is 44.6 Å². The highest BCUT2D eigenvalue weighted by molar-refractivity contribution is 7.07. The van der Waals surface area contributed by atoms with Crippen molar-refractivity contribution in [2.75, 3.05) is 6.79 Å². The molecule has 0 spiro atoms. The van der Waals surface area contributed by atoms with Gasteiger partial charge in [-0.25, -0.2) is 4.68 Å². The molecule has 9 heteroatoms. The lowest BCUT2D eigenvalue weighted by atomic mass is 9.96. The highest BCUT2D eigenvalue weighted by Gasteiger charge is 2.17. The highest BCUT2D eigenvalue weighted by Crippen LogP contribution is 2.33. The molecule has 0 saturated heterocycles. The van der Waals surface area contributed by atoms with Gasteiger partial charge in [-0.05, 0) is 38.0 Å². The average Bonchev–Trinajstić information content (AvgIpc) is 3.46. The lowest BCUT2D eigenvalue weighted by molar-refractivity contribution is -0.384. The third-order valence-corrected chi connectivity index (χ3v) is 6.78. The molecule has 1 aliphatic heterocycles. The average molecular weight is 465 g/mol. The van der Waals surface area contributed by atoms with E-state index in [-0.39, 0.29) is 23.4 Å². The number of hydrogen-bond acceptors (Lipinski definition) is 7. The molecule has 1 saturated carbocycles. The molecule has 0 N–H and O–H groups in total. The minimum absolute atomic E-state index is 0.0486. The first-order valence-corrected chi connectivity index (χ1v) is 11.9. The van der Waals surface area contributed by atoms with Crippen molar-refractivity contribution in [2.24, 2.45) is 10.1 Å². The van der Waals surface area contributed by atoms with Crippen LogP contribution in [0, 0.1) is 10.1 Å². The van der Waals surface area contributed by atoms with Crippen LogP contribution in [0.4, 0.5) is 5.69 Å². The maximum atomic E-state index is 11.3. The summed E-state index contributed by atoms with van der Waals surface area (Å²) in [7, 11) is 0. The van der Waals surface area contributed by atoms with Gasteiger partial charge >= 0.3 is 0 Å². The second-order valence-electron chi connectivity index (χ2n) is 8.20. The van der Waals surface area contributed by atoms with Crippen LogP contribution in [-0.2, 0) is 0 Å². The molecule has 0 unspecified atom stereocenters. The van der Waals surface area contributed by atoms with Gasteiger partial charge in [0.25, 0.3) is 5.69 Å². The fourth-order valence-corrected chi connectivity index (χ4v) is 5.06. The lowest BCUT2D eigenvalue weighted by Gasteiger charge is -2.17. The number of fused-ring (bicyclic) bond motifs is 1. The van der Waals surface area contributed by atoms with Crippen LogP contribution < -0.4 is 14.3 Å². The van der Waals surface area contributed by atoms with E-state index in [2.05, 4.69) is 0 Å². The van der Waals surface area contributed by atoms with Gasteiger partial charge in [-0.15, -0.1) is 11.3 Å². The van der Waals surface area contributed by atoms with Gasteiger partial charge in [0.05, 0.1) is 22.4 Å². The first kappa shape index (κ1) is 21.4. The monoisotopic (exact) mass is 464 g/mol. The summed E-state index contributed by atoms with van der Waals surface area (Å²) in [5, 5.41) is 18.2. The van der Waals surface area contributed by atoms with E-state index in [9.17, 15) is 10.1 Å². The molecule has 170 valence electrons. The SMILES string of the molecule is CC(=Nn1c(-c2cccc([N+](=O)[O-])c2)csc1=NC1CCCCC1)c1ccc2c(c1)OCO2. The maximum absolute atomic E-state index is 11.3. The van der Waals surface area contributed by atoms with Crippen LogP contribution >= 0.6 is 11.3 Å². The number of rotatable bonds is 5. The van der Waals surface area contributed by atoms with Gasteiger partial charge in [-0.3, -0.25) is 15.1 Å². The summed E-state index contributed by atoms with van der Waals surface area (Å²) in [6.45, 7) is 2.15. The summed E-state index contributed by atoms with van der Waals surface area (Å²) in [6, 6.07) is 12.7. The number of hydrogen-bond donors (Lipinski definition) is 0. The van der Waals surface area contributed by atoms with Crippen molar-refractivity contribution in [1.82, 2.24) is 4.68 Å². The summed E-state index contributed by atoms with van der Waals surface area (Å²) in [5.41, 5.74) is 3.24. The number of nitro benzene ring substituents is 1. The Morgan fingerprint density at radius 3 is 2.76 bits per heavy atom. The molecule has 8 nitrogen and oxygen atoms in total. The van der Waals surface area contributed by atoms with E-state index >= 15 is 0 Å². The predicted molar refractivity (Wildman–Crippen MR) is 127 cm³/mol. The van der Waals surface area contributed by atoms with E-state index < -0.39 is 0 Å². The van der Waals surface area contributed by atoms with E-state index in [1.807, 2.05) is 41.2 Å². The molecule has 0 atom stereocenters. The van der Waals surface area contributed by atoms with Crippen molar-refractivity contribution in [2.45, 2.75) is 45.1 Å². The Morgan fingerprint density at radius 2 is 1.94 bits per heavy atom. The summed E-state index contributed by atoms with van der Waals surface area (Å²) in [5.74, 6) is 1.42. The lowest BCUT2D eigenvalue weighted by Crippen LogP contribution is -2.19. The van der Waals surface area contributed by atoms with Crippen molar-refractivity contribution in [3.05, 3.63) is 68.3 Å². The Labute approximate surface area is 195 Å². The normalized spacial score (nSPS) is 16.9. The highest BCUT2D eigenvalue weighted by atomic mass is 32.1. The topological polar surface area (TPSA) is 91.2 Å². The predicted octanol–water partition coefficient (Wildman–Crippen LogP) is 5.36. The number of nitrogens with zero attached hydrogens (tertiary/aromatic N) is 4. The van der Waals surface area contributed by atoms with E-state index in [0.29, 0.717) is 5.75 Å². The Balaban J connectivity index is 1.61. The molecule has 2 aromatic carbocycles. The molecule has 2 aliphatic rings. The Hall–Kier alpha value is -3.46. The van der Waals surface area contributed by atoms with Crippen LogP contribution in [0.2, 0.25) is 0 Å². The molecule has 0 bridgehead atoms. The maximum Gasteiger partial charge on any atom is 0.270 e. The molecule has 0 radical (unpaired) electrons. The Kier molecular flexibility index (Phi) is 5.95. The molecule has 3 aromatic rings. The van der Waals surface area contributed by atoms with Crippen LogP contribution in [-0.4, -0.2) is 28.1 Å². The van der Waals surface area contributed by atoms with Crippen LogP contribution in [0.5, 0.6) is 11.5 Å². The number of nitro groups is 1. The number of non-ortho nitro benzene ring substituents is 1. The van der Waals surface area contributed by atoms with Gasteiger partial charge in [-0.2, -0.15) is 5.10 Å². The van der Waals surface area contributed by atoms with Crippen LogP contribution in [0.3, 0.4) is 0 Å². The van der Waals surface area contributed by atoms with Crippen molar-refractivity contribution >= 4 is 22.7 Å². The van der Waals surface area contributed by atoms with Crippen LogP contribution in [0.15, 0.2) is 57.9 Å². The van der Waals surface area contributed by atoms with Crippen molar-refractivity contribution < 1.29 is 14.4 Å². The van der Waals surface area contributed by atoms with Crippen molar-refractivity contribution in [3.63, 3.8) is 0 Å². The molecule has 2 heterocycles. The molecule has 1 aliphatic carbocycles. The van der Waals surface area contributed by atoms with E-state index in [1.165, 1.54) is 36.7 Å². The number of thiazole rings is 1. The van der Waals surface area contributed by atoms with Crippen molar-refractivity contribution in [1.29, 1.82) is 0 Å². The van der Waals surface area contributed by atoms with Gasteiger partial charge in [0, 0.05) is 28.6 Å². The van der Waals surface area contributed by atoms with E-state index in [1.54, 1.807) is 12.1 Å². The van der Waals surface area contributed by atoms with Gasteiger partial charge < -0.3 is 9.47 Å². The standard InChI is InChI=1S/C24H24N4O4S/c1-16(17-10-11-22-23(13-17)32-15-31-22)26-27-21(18-6-5-9-20(12-18)28(29)30)14-33-24(27)25-19-7-3-2-4-8-19/h5-6,9-14,19H,2-4,7-8,15H2,1H3. The molecule has 1 fully saturated rings. The third kappa shape index (κ3) is 4.54. The van der Waals surface area contributed by atoms with Gasteiger partial charge in [0.15, 0.2) is 11.5 Å². The van der Waals surface area contributed by atoms with E-state index in [0.717, 1.165) is 45.9 Å². The minimum Gasteiger partial charge on any atom is -0.454 e. The zero-order valence-electron chi connectivity index (χ0n) is 18.3. The van der Waals surface area contributed by atoms with Gasteiger partial charge in [0.2, 0.25) is 11.6 Å². The Bertz CT molecular complexity index is 1290. The largest absolute Gasteiger partial charge is 0.454 e. The second-order valence-corrected chi connectivity index (χ2v) is 9.03. The first-order valence-electron chi connectivity index (χ1n) is 11.0. The second kappa shape index (κ2) is 9.19. The summed E-state index contributed by atoms with van der Waals surface area (Å²) < 4.78 is 12.7. The minimum atomic E-state index is -0.380. The molecule has 0 amide bonds. The van der Waals surface area contributed by atoms with E-state index in [4.69, 9.17) is 19.6 Å². The van der Waals surface area contributed by atoms with Gasteiger partial charge in [0.1, 0.15) is 0 Å². The number of benzene rings is 2. The van der Waals surface area contributed by atoms with Crippen molar-refractivity contribution in [3.8, 4) is 22.8 Å². The number of ether oxygens (including phenoxy) is 2. The third-order valence-electron chi connectivity index (χ3n) is 5.95. The fraction of sp³-hybridized carbons (Fsp3) is 0.333. The van der Waals surface area contributed by atoms with Gasteiger partial charge in [-0.1, -0.05) is 31.4 Å². The molecule has 33 heavy (non-hydrogen) atoms. The molecule has 1 aromatic heterocycles. The zero-order valence-corrected chi connectivity index (χ0v) is 19.1. The molecule has 5 rings (SSSR count). The quantitative estimate of drug-likeness (QED) is 0.289. The number of aromatic nitrogens is 1. The fourth-order valence-electron chi connectivity index (χ4n) is 4.16. The summed E-state index contributed by atoms with van der Waals surface area (Å²) in [6.07, 6.45) is 5.80. The first-order chi connectivity index (χ1) is 16.1. The van der Waals surface area contributed by atoms with Crippen LogP contribution in [0.25, 0.3) is 11.3 Å². The smallest absolute Gasteiger partial charge is 0.270 e. The summed E-state index contributed by atoms with van der Waals surface area (Å²) in [4.78, 5) is 16.8. The Morgan fingerprint density at radius 1 is 1.12 bits per heavy atom. The zero-order chi connectivity index (χ0) is 22.8. The molecular weight excluding hydrogens is 440 g/mol. The molecular formula is C24H24N4O4S. The summed E-state index contributed by atoms with van der Waals surface area (Å²) >= 11 is 1.51.